The average molecular weight is 674 g/mol. The van der Waals surface area contributed by atoms with Crippen LogP contribution in [0.3, 0.4) is 0 Å². The van der Waals surface area contributed by atoms with Crippen LogP contribution in [-0.2, 0) is 33.6 Å². The van der Waals surface area contributed by atoms with E-state index in [4.69, 9.17) is 5.73 Å². The van der Waals surface area contributed by atoms with Crippen LogP contribution in [0.1, 0.15) is 49.8 Å². The Morgan fingerprint density at radius 3 is 1.92 bits per heavy atom. The zero-order valence-corrected chi connectivity index (χ0v) is 29.8. The van der Waals surface area contributed by atoms with Crippen molar-refractivity contribution in [3.8, 4) is 11.1 Å². The van der Waals surface area contributed by atoms with Gasteiger partial charge in [0.25, 0.3) is 0 Å². The molecule has 1 aromatic heterocycles. The van der Waals surface area contributed by atoms with Crippen molar-refractivity contribution in [1.29, 1.82) is 0 Å². The SMILES string of the molecule is CCC(N)(CC)CC=CC(=O)N(C)[C@H](Cc1ccc(-c2ccccc2)cc1)C(=O)N(C)[C@H](Cc1ccccc1)C(=O)NCCc1ccncc1. The summed E-state index contributed by atoms with van der Waals surface area (Å²) in [6, 6.07) is 30.0. The third-order valence-electron chi connectivity index (χ3n) is 9.64. The molecule has 1 heterocycles. The van der Waals surface area contributed by atoms with Crippen LogP contribution in [-0.4, -0.2) is 70.8 Å². The van der Waals surface area contributed by atoms with Gasteiger partial charge in [0.1, 0.15) is 12.1 Å². The highest BCUT2D eigenvalue weighted by atomic mass is 16.2. The Bertz CT molecular complexity index is 1670. The molecular formula is C42H51N5O3. The summed E-state index contributed by atoms with van der Waals surface area (Å²) < 4.78 is 0. The van der Waals surface area contributed by atoms with Gasteiger partial charge in [-0.2, -0.15) is 0 Å². The van der Waals surface area contributed by atoms with Gasteiger partial charge in [0.15, 0.2) is 0 Å². The van der Waals surface area contributed by atoms with Gasteiger partial charge in [-0.25, -0.2) is 0 Å². The maximum atomic E-state index is 14.5. The molecule has 0 saturated carbocycles. The van der Waals surface area contributed by atoms with E-state index in [0.29, 0.717) is 25.8 Å². The third kappa shape index (κ3) is 10.7. The molecule has 0 spiro atoms. The number of amides is 3. The van der Waals surface area contributed by atoms with Gasteiger partial charge in [-0.15, -0.1) is 0 Å². The molecule has 0 bridgehead atoms. The summed E-state index contributed by atoms with van der Waals surface area (Å²) in [7, 11) is 3.31. The molecular weight excluding hydrogens is 622 g/mol. The number of aromatic nitrogens is 1. The number of carbonyl (C=O) groups is 3. The number of likely N-dealkylation sites (N-methyl/N-ethyl adjacent to an activating group) is 2. The van der Waals surface area contributed by atoms with Crippen molar-refractivity contribution in [2.75, 3.05) is 20.6 Å². The summed E-state index contributed by atoms with van der Waals surface area (Å²) in [5.74, 6) is -0.868. The molecule has 50 heavy (non-hydrogen) atoms. The molecule has 262 valence electrons. The van der Waals surface area contributed by atoms with E-state index in [-0.39, 0.29) is 29.7 Å². The van der Waals surface area contributed by atoms with Gasteiger partial charge in [0.2, 0.25) is 17.7 Å². The van der Waals surface area contributed by atoms with Crippen molar-refractivity contribution < 1.29 is 14.4 Å². The summed E-state index contributed by atoms with van der Waals surface area (Å²) in [6.07, 6.45) is 10.1. The van der Waals surface area contributed by atoms with Crippen LogP contribution in [0.25, 0.3) is 11.1 Å². The molecule has 0 aliphatic heterocycles. The summed E-state index contributed by atoms with van der Waals surface area (Å²) in [4.78, 5) is 49.0. The van der Waals surface area contributed by atoms with E-state index in [2.05, 4.69) is 22.4 Å². The highest BCUT2D eigenvalue weighted by molar-refractivity contribution is 5.95. The van der Waals surface area contributed by atoms with E-state index in [0.717, 1.165) is 40.7 Å². The van der Waals surface area contributed by atoms with Crippen molar-refractivity contribution in [2.24, 2.45) is 5.73 Å². The molecule has 0 radical (unpaired) electrons. The van der Waals surface area contributed by atoms with E-state index in [9.17, 15) is 14.4 Å². The lowest BCUT2D eigenvalue weighted by Gasteiger charge is -2.34. The molecule has 8 nitrogen and oxygen atoms in total. The number of benzene rings is 3. The number of nitrogens with one attached hydrogen (secondary N) is 1. The van der Waals surface area contributed by atoms with Crippen molar-refractivity contribution in [3.05, 3.63) is 138 Å². The van der Waals surface area contributed by atoms with Crippen LogP contribution in [0, 0.1) is 0 Å². The van der Waals surface area contributed by atoms with Crippen LogP contribution < -0.4 is 11.1 Å². The van der Waals surface area contributed by atoms with E-state index in [1.54, 1.807) is 32.6 Å². The lowest BCUT2D eigenvalue weighted by atomic mass is 9.90. The van der Waals surface area contributed by atoms with Crippen LogP contribution >= 0.6 is 0 Å². The molecule has 0 saturated heterocycles. The van der Waals surface area contributed by atoms with Gasteiger partial charge in [-0.1, -0.05) is 105 Å². The van der Waals surface area contributed by atoms with E-state index >= 15 is 0 Å². The van der Waals surface area contributed by atoms with Crippen LogP contribution in [0.2, 0.25) is 0 Å². The number of pyridine rings is 1. The summed E-state index contributed by atoms with van der Waals surface area (Å²) in [5.41, 5.74) is 11.1. The third-order valence-corrected chi connectivity index (χ3v) is 9.64. The Hall–Kier alpha value is -5.08. The van der Waals surface area contributed by atoms with Gasteiger partial charge >= 0.3 is 0 Å². The molecule has 4 rings (SSSR count). The predicted octanol–water partition coefficient (Wildman–Crippen LogP) is 6.01. The molecule has 0 unspecified atom stereocenters. The first-order valence-corrected chi connectivity index (χ1v) is 17.5. The molecule has 3 N–H and O–H groups in total. The summed E-state index contributed by atoms with van der Waals surface area (Å²) in [5, 5.41) is 3.05. The van der Waals surface area contributed by atoms with Crippen molar-refractivity contribution in [2.45, 2.75) is 70.0 Å². The Morgan fingerprint density at radius 2 is 1.30 bits per heavy atom. The van der Waals surface area contributed by atoms with Crippen molar-refractivity contribution in [3.63, 3.8) is 0 Å². The minimum absolute atomic E-state index is 0.253. The standard InChI is InChI=1S/C42H51N5O3/c1-5-42(43,6-2)26-13-18-39(48)46(3)38(31-34-19-21-36(22-20-34)35-16-11-8-12-17-35)41(50)47(4)37(30-33-14-9-7-10-15-33)40(49)45-29-25-32-23-27-44-28-24-32/h7-24,27-28,37-38H,5-6,25-26,29-31,43H2,1-4H3,(H,45,49)/t37-,38-/m1/s1. The largest absolute Gasteiger partial charge is 0.354 e. The monoisotopic (exact) mass is 673 g/mol. The first kappa shape index (κ1) is 37.7. The maximum absolute atomic E-state index is 14.5. The van der Waals surface area contributed by atoms with Gasteiger partial charge < -0.3 is 20.9 Å². The molecule has 0 fully saturated rings. The van der Waals surface area contributed by atoms with Gasteiger partial charge in [-0.3, -0.25) is 19.4 Å². The Labute approximate surface area is 297 Å². The van der Waals surface area contributed by atoms with Crippen molar-refractivity contribution >= 4 is 17.7 Å². The Kier molecular flexibility index (Phi) is 14.1. The summed E-state index contributed by atoms with van der Waals surface area (Å²) in [6.45, 7) is 4.49. The molecule has 4 aromatic rings. The second kappa shape index (κ2) is 18.6. The van der Waals surface area contributed by atoms with Crippen molar-refractivity contribution in [1.82, 2.24) is 20.1 Å². The smallest absolute Gasteiger partial charge is 0.246 e. The fraction of sp³-hybridized carbons (Fsp3) is 0.333. The summed E-state index contributed by atoms with van der Waals surface area (Å²) >= 11 is 0. The first-order chi connectivity index (χ1) is 24.1. The molecule has 0 aliphatic carbocycles. The topological polar surface area (TPSA) is 109 Å². The van der Waals surface area contributed by atoms with E-state index < -0.39 is 12.1 Å². The second-order valence-electron chi connectivity index (χ2n) is 13.0. The molecule has 3 amide bonds. The first-order valence-electron chi connectivity index (χ1n) is 17.5. The number of hydrogen-bond donors (Lipinski definition) is 2. The fourth-order valence-electron chi connectivity index (χ4n) is 5.91. The Morgan fingerprint density at radius 1 is 0.740 bits per heavy atom. The lowest BCUT2D eigenvalue weighted by Crippen LogP contribution is -2.56. The lowest BCUT2D eigenvalue weighted by molar-refractivity contribution is -0.146. The minimum atomic E-state index is -0.859. The fourth-order valence-corrected chi connectivity index (χ4v) is 5.91. The number of nitrogens with zero attached hydrogens (tertiary/aromatic N) is 3. The second-order valence-corrected chi connectivity index (χ2v) is 13.0. The number of rotatable bonds is 17. The molecule has 3 aromatic carbocycles. The normalized spacial score (nSPS) is 12.7. The zero-order valence-electron chi connectivity index (χ0n) is 29.8. The Balaban J connectivity index is 1.60. The van der Waals surface area contributed by atoms with Gasteiger partial charge in [0, 0.05) is 51.4 Å². The predicted molar refractivity (Wildman–Crippen MR) is 201 cm³/mol. The highest BCUT2D eigenvalue weighted by Crippen LogP contribution is 2.22. The minimum Gasteiger partial charge on any atom is -0.354 e. The van der Waals surface area contributed by atoms with Gasteiger partial charge in [-0.05, 0) is 71.7 Å². The van der Waals surface area contributed by atoms with E-state index in [1.165, 1.54) is 15.9 Å². The molecule has 0 aliphatic rings. The molecule has 2 atom stereocenters. The number of carbonyl (C=O) groups excluding carboxylic acids is 3. The zero-order chi connectivity index (χ0) is 35.9. The van der Waals surface area contributed by atoms with Crippen LogP contribution in [0.15, 0.2) is 122 Å². The quantitative estimate of drug-likeness (QED) is 0.134. The highest BCUT2D eigenvalue weighted by Gasteiger charge is 2.35. The number of hydrogen-bond acceptors (Lipinski definition) is 5. The van der Waals surface area contributed by atoms with Gasteiger partial charge in [0.05, 0.1) is 0 Å². The average Bonchev–Trinajstić information content (AvgIpc) is 3.16. The van der Waals surface area contributed by atoms with Crippen LogP contribution in [0.4, 0.5) is 0 Å². The van der Waals surface area contributed by atoms with Crippen LogP contribution in [0.5, 0.6) is 0 Å². The van der Waals surface area contributed by atoms with E-state index in [1.807, 2.05) is 98.8 Å². The molecule has 8 heteroatoms. The maximum Gasteiger partial charge on any atom is 0.246 e. The number of nitrogens with two attached hydrogens (primary N) is 1.